The Bertz CT molecular complexity index is 674. The van der Waals surface area contributed by atoms with Crippen molar-refractivity contribution < 1.29 is 9.84 Å². The van der Waals surface area contributed by atoms with Gasteiger partial charge in [0, 0.05) is 38.7 Å². The van der Waals surface area contributed by atoms with Crippen LogP contribution in [0.1, 0.15) is 24.6 Å². The number of anilines is 2. The standard InChI is InChI=1S/C16H24N6O2/c1-22(2)16-19-14(20-21-16)10-7-11(12(23)8-10)9-18-15-13(24-3)5-4-6-17-15/h4-6,10-12,23H,7-9H2,1-3H3,(H,17,18)(H,19,20,21)/t10-,11+,12+/m0/s1. The van der Waals surface area contributed by atoms with Crippen LogP contribution in [-0.2, 0) is 0 Å². The molecule has 0 aliphatic heterocycles. The fourth-order valence-corrected chi connectivity index (χ4v) is 3.11. The zero-order valence-corrected chi connectivity index (χ0v) is 14.2. The van der Waals surface area contributed by atoms with Crippen LogP contribution in [0, 0.1) is 5.92 Å². The van der Waals surface area contributed by atoms with E-state index in [1.165, 1.54) is 0 Å². The zero-order chi connectivity index (χ0) is 17.1. The van der Waals surface area contributed by atoms with Gasteiger partial charge in [0.2, 0.25) is 5.95 Å². The predicted octanol–water partition coefficient (Wildman–Crippen LogP) is 1.24. The fraction of sp³-hybridized carbons (Fsp3) is 0.562. The molecule has 1 saturated carbocycles. The summed E-state index contributed by atoms with van der Waals surface area (Å²) in [6, 6.07) is 3.69. The molecule has 3 rings (SSSR count). The SMILES string of the molecule is COc1cccnc1NC[C@H]1C[C@H](c2nc(N(C)C)n[nH]2)C[C@H]1O. The highest BCUT2D eigenvalue weighted by atomic mass is 16.5. The Kier molecular flexibility index (Phi) is 4.84. The van der Waals surface area contributed by atoms with Gasteiger partial charge in [-0.3, -0.25) is 5.10 Å². The average molecular weight is 332 g/mol. The van der Waals surface area contributed by atoms with Crippen molar-refractivity contribution in [2.24, 2.45) is 5.92 Å². The van der Waals surface area contributed by atoms with E-state index in [0.29, 0.717) is 30.5 Å². The minimum Gasteiger partial charge on any atom is -0.493 e. The van der Waals surface area contributed by atoms with E-state index >= 15 is 0 Å². The maximum absolute atomic E-state index is 10.4. The van der Waals surface area contributed by atoms with Crippen LogP contribution in [0.25, 0.3) is 0 Å². The molecule has 8 heteroatoms. The van der Waals surface area contributed by atoms with Crippen molar-refractivity contribution in [1.29, 1.82) is 0 Å². The summed E-state index contributed by atoms with van der Waals surface area (Å²) in [5, 5.41) is 20.8. The smallest absolute Gasteiger partial charge is 0.244 e. The van der Waals surface area contributed by atoms with Crippen LogP contribution in [-0.4, -0.2) is 59.1 Å². The van der Waals surface area contributed by atoms with Gasteiger partial charge in [0.05, 0.1) is 13.2 Å². The van der Waals surface area contributed by atoms with Crippen LogP contribution in [0.4, 0.5) is 11.8 Å². The number of hydrogen-bond acceptors (Lipinski definition) is 7. The maximum Gasteiger partial charge on any atom is 0.244 e. The van der Waals surface area contributed by atoms with E-state index in [2.05, 4.69) is 25.5 Å². The number of methoxy groups -OCH3 is 1. The highest BCUT2D eigenvalue weighted by Gasteiger charge is 2.35. The Morgan fingerprint density at radius 3 is 2.96 bits per heavy atom. The molecular formula is C16H24N6O2. The second-order valence-electron chi connectivity index (χ2n) is 6.35. The molecule has 1 aliphatic carbocycles. The predicted molar refractivity (Wildman–Crippen MR) is 91.5 cm³/mol. The third-order valence-electron chi connectivity index (χ3n) is 4.46. The number of pyridine rings is 1. The average Bonchev–Trinajstić information content (AvgIpc) is 3.20. The van der Waals surface area contributed by atoms with Gasteiger partial charge in [-0.25, -0.2) is 4.98 Å². The number of nitrogens with one attached hydrogen (secondary N) is 2. The minimum atomic E-state index is -0.370. The molecule has 130 valence electrons. The third kappa shape index (κ3) is 3.43. The molecular weight excluding hydrogens is 308 g/mol. The van der Waals surface area contributed by atoms with Gasteiger partial charge in [-0.2, -0.15) is 4.98 Å². The van der Waals surface area contributed by atoms with Crippen LogP contribution in [0.15, 0.2) is 18.3 Å². The van der Waals surface area contributed by atoms with Gasteiger partial charge in [-0.05, 0) is 25.0 Å². The molecule has 0 saturated heterocycles. The van der Waals surface area contributed by atoms with Gasteiger partial charge in [0.15, 0.2) is 11.6 Å². The second-order valence-corrected chi connectivity index (χ2v) is 6.35. The van der Waals surface area contributed by atoms with Gasteiger partial charge in [0.25, 0.3) is 0 Å². The number of aromatic amines is 1. The first-order valence-corrected chi connectivity index (χ1v) is 8.09. The number of aromatic nitrogens is 4. The summed E-state index contributed by atoms with van der Waals surface area (Å²) in [4.78, 5) is 10.6. The molecule has 2 heterocycles. The number of aliphatic hydroxyl groups is 1. The van der Waals surface area contributed by atoms with Crippen LogP contribution >= 0.6 is 0 Å². The third-order valence-corrected chi connectivity index (χ3v) is 4.46. The van der Waals surface area contributed by atoms with E-state index in [9.17, 15) is 5.11 Å². The fourth-order valence-electron chi connectivity index (χ4n) is 3.11. The van der Waals surface area contributed by atoms with Crippen molar-refractivity contribution in [2.75, 3.05) is 38.0 Å². The molecule has 2 aromatic rings. The molecule has 3 N–H and O–H groups in total. The van der Waals surface area contributed by atoms with Crippen molar-refractivity contribution in [3.63, 3.8) is 0 Å². The molecule has 0 aromatic carbocycles. The van der Waals surface area contributed by atoms with E-state index in [4.69, 9.17) is 4.74 Å². The lowest BCUT2D eigenvalue weighted by atomic mass is 10.0. The second kappa shape index (κ2) is 7.04. The Morgan fingerprint density at radius 1 is 1.42 bits per heavy atom. The molecule has 0 amide bonds. The van der Waals surface area contributed by atoms with Gasteiger partial charge in [-0.15, -0.1) is 5.10 Å². The largest absolute Gasteiger partial charge is 0.493 e. The first-order chi connectivity index (χ1) is 11.6. The van der Waals surface area contributed by atoms with E-state index in [1.807, 2.05) is 31.1 Å². The lowest BCUT2D eigenvalue weighted by Crippen LogP contribution is -2.22. The maximum atomic E-state index is 10.4. The summed E-state index contributed by atoms with van der Waals surface area (Å²) in [7, 11) is 5.43. The summed E-state index contributed by atoms with van der Waals surface area (Å²) in [5.41, 5.74) is 0. The van der Waals surface area contributed by atoms with Gasteiger partial charge >= 0.3 is 0 Å². The highest BCUT2D eigenvalue weighted by Crippen LogP contribution is 2.37. The minimum absolute atomic E-state index is 0.134. The van der Waals surface area contributed by atoms with Crippen LogP contribution in [0.5, 0.6) is 5.75 Å². The topological polar surface area (TPSA) is 99.2 Å². The van der Waals surface area contributed by atoms with E-state index < -0.39 is 0 Å². The number of rotatable bonds is 6. The normalized spacial score (nSPS) is 23.2. The number of nitrogens with zero attached hydrogens (tertiary/aromatic N) is 4. The Morgan fingerprint density at radius 2 is 2.25 bits per heavy atom. The molecule has 2 aromatic heterocycles. The molecule has 8 nitrogen and oxygen atoms in total. The Hall–Kier alpha value is -2.35. The van der Waals surface area contributed by atoms with Crippen molar-refractivity contribution in [2.45, 2.75) is 24.9 Å². The number of aliphatic hydroxyl groups excluding tert-OH is 1. The molecule has 0 bridgehead atoms. The van der Waals surface area contributed by atoms with Gasteiger partial charge < -0.3 is 20.1 Å². The number of H-pyrrole nitrogens is 1. The molecule has 0 radical (unpaired) electrons. The van der Waals surface area contributed by atoms with Gasteiger partial charge in [0.1, 0.15) is 5.82 Å². The molecule has 1 aliphatic rings. The quantitative estimate of drug-likeness (QED) is 0.732. The van der Waals surface area contributed by atoms with Crippen molar-refractivity contribution in [3.05, 3.63) is 24.2 Å². The van der Waals surface area contributed by atoms with E-state index in [1.54, 1.807) is 13.3 Å². The van der Waals surface area contributed by atoms with Crippen LogP contribution < -0.4 is 15.0 Å². The first kappa shape index (κ1) is 16.5. The molecule has 0 spiro atoms. The Labute approximate surface area is 141 Å². The van der Waals surface area contributed by atoms with E-state index in [0.717, 1.165) is 12.2 Å². The van der Waals surface area contributed by atoms with E-state index in [-0.39, 0.29) is 17.9 Å². The zero-order valence-electron chi connectivity index (χ0n) is 14.2. The molecule has 24 heavy (non-hydrogen) atoms. The highest BCUT2D eigenvalue weighted by molar-refractivity contribution is 5.49. The number of hydrogen-bond donors (Lipinski definition) is 3. The summed E-state index contributed by atoms with van der Waals surface area (Å²) >= 11 is 0. The van der Waals surface area contributed by atoms with Crippen molar-refractivity contribution in [3.8, 4) is 5.75 Å². The van der Waals surface area contributed by atoms with Gasteiger partial charge in [-0.1, -0.05) is 0 Å². The Balaban J connectivity index is 1.61. The summed E-state index contributed by atoms with van der Waals surface area (Å²) in [5.74, 6) is 3.24. The van der Waals surface area contributed by atoms with Crippen LogP contribution in [0.2, 0.25) is 0 Å². The molecule has 1 fully saturated rings. The van der Waals surface area contributed by atoms with Crippen molar-refractivity contribution in [1.82, 2.24) is 20.2 Å². The van der Waals surface area contributed by atoms with Crippen molar-refractivity contribution >= 4 is 11.8 Å². The molecule has 0 unspecified atom stereocenters. The first-order valence-electron chi connectivity index (χ1n) is 8.09. The monoisotopic (exact) mass is 332 g/mol. The number of ether oxygens (including phenoxy) is 1. The lowest BCUT2D eigenvalue weighted by Gasteiger charge is -2.16. The van der Waals surface area contributed by atoms with Crippen LogP contribution in [0.3, 0.4) is 0 Å². The lowest BCUT2D eigenvalue weighted by molar-refractivity contribution is 0.137. The molecule has 3 atom stereocenters. The summed E-state index contributed by atoms with van der Waals surface area (Å²) in [6.45, 7) is 0.639. The summed E-state index contributed by atoms with van der Waals surface area (Å²) < 4.78 is 5.29. The summed E-state index contributed by atoms with van der Waals surface area (Å²) in [6.07, 6.45) is 2.89.